The Hall–Kier alpha value is -5.67. The lowest BCUT2D eigenvalue weighted by molar-refractivity contribution is 0.866. The molecule has 3 heteroatoms. The summed E-state index contributed by atoms with van der Waals surface area (Å²) >= 11 is 0. The van der Waals surface area contributed by atoms with Crippen LogP contribution in [0.15, 0.2) is 158 Å². The van der Waals surface area contributed by atoms with Crippen LogP contribution >= 0.6 is 0 Å². The predicted octanol–water partition coefficient (Wildman–Crippen LogP) is 11.1. The van der Waals surface area contributed by atoms with E-state index in [1.807, 2.05) is 6.20 Å². The summed E-state index contributed by atoms with van der Waals surface area (Å²) in [6, 6.07) is 52.2. The second-order valence-electron chi connectivity index (χ2n) is 11.9. The third-order valence-electron chi connectivity index (χ3n) is 8.81. The van der Waals surface area contributed by atoms with Crippen LogP contribution in [-0.2, 0) is 0 Å². The quantitative estimate of drug-likeness (QED) is 0.192. The Morgan fingerprint density at radius 2 is 1.04 bits per heavy atom. The lowest BCUT2D eigenvalue weighted by atomic mass is 9.89. The number of benzene rings is 6. The van der Waals surface area contributed by atoms with Crippen LogP contribution in [0.3, 0.4) is 0 Å². The maximum atomic E-state index is 4.94. The third kappa shape index (κ3) is 4.65. The predicted molar refractivity (Wildman–Crippen MR) is 188 cm³/mol. The van der Waals surface area contributed by atoms with Gasteiger partial charge in [-0.3, -0.25) is 4.57 Å². The molecule has 0 radical (unpaired) electrons. The molecular formula is C42H33N3. The second kappa shape index (κ2) is 11.1. The van der Waals surface area contributed by atoms with Crippen LogP contribution in [0, 0.1) is 0 Å². The van der Waals surface area contributed by atoms with Gasteiger partial charge in [-0.1, -0.05) is 111 Å². The summed E-state index contributed by atoms with van der Waals surface area (Å²) in [4.78, 5) is 4.94. The van der Waals surface area contributed by atoms with E-state index in [4.69, 9.17) is 4.98 Å². The topological polar surface area (TPSA) is 22.8 Å². The van der Waals surface area contributed by atoms with Crippen molar-refractivity contribution in [1.82, 2.24) is 14.1 Å². The SMILES string of the molecule is CC(C)c1cc(-c2ccccc2)c(-n2ccnc2-c2ccc(-n3c4ccccc4c4ccccc43)cc2)c(-c2ccccc2)c1. The van der Waals surface area contributed by atoms with E-state index < -0.39 is 0 Å². The van der Waals surface area contributed by atoms with Gasteiger partial charge in [-0.15, -0.1) is 0 Å². The van der Waals surface area contributed by atoms with Gasteiger partial charge in [-0.2, -0.15) is 0 Å². The molecule has 0 aliphatic carbocycles. The van der Waals surface area contributed by atoms with Crippen LogP contribution in [0.2, 0.25) is 0 Å². The van der Waals surface area contributed by atoms with E-state index >= 15 is 0 Å². The van der Waals surface area contributed by atoms with E-state index in [1.54, 1.807) is 0 Å². The van der Waals surface area contributed by atoms with Crippen molar-refractivity contribution >= 4 is 21.8 Å². The first-order valence-electron chi connectivity index (χ1n) is 15.6. The van der Waals surface area contributed by atoms with Crippen molar-refractivity contribution in [3.63, 3.8) is 0 Å². The second-order valence-corrected chi connectivity index (χ2v) is 11.9. The first-order valence-corrected chi connectivity index (χ1v) is 15.6. The molecular weight excluding hydrogens is 546 g/mol. The largest absolute Gasteiger partial charge is 0.309 e. The maximum Gasteiger partial charge on any atom is 0.144 e. The van der Waals surface area contributed by atoms with E-state index in [-0.39, 0.29) is 0 Å². The minimum atomic E-state index is 0.389. The highest BCUT2D eigenvalue weighted by Crippen LogP contribution is 2.40. The normalized spacial score (nSPS) is 11.5. The smallest absolute Gasteiger partial charge is 0.144 e. The lowest BCUT2D eigenvalue weighted by Gasteiger charge is -2.21. The molecule has 0 amide bonds. The molecule has 3 nitrogen and oxygen atoms in total. The van der Waals surface area contributed by atoms with E-state index in [1.165, 1.54) is 49.6 Å². The number of aromatic nitrogens is 3. The molecule has 0 spiro atoms. The number of imidazole rings is 1. The van der Waals surface area contributed by atoms with Gasteiger partial charge in [0.05, 0.1) is 16.7 Å². The highest BCUT2D eigenvalue weighted by atomic mass is 15.1. The molecule has 0 bridgehead atoms. The molecule has 0 saturated carbocycles. The molecule has 2 aromatic heterocycles. The van der Waals surface area contributed by atoms with Gasteiger partial charge in [0.1, 0.15) is 5.82 Å². The summed E-state index contributed by atoms with van der Waals surface area (Å²) in [5.41, 5.74) is 11.8. The van der Waals surface area contributed by atoms with E-state index in [2.05, 4.69) is 175 Å². The van der Waals surface area contributed by atoms with Crippen molar-refractivity contribution in [3.8, 4) is 45.0 Å². The van der Waals surface area contributed by atoms with Crippen LogP contribution in [0.25, 0.3) is 66.8 Å². The van der Waals surface area contributed by atoms with E-state index in [0.29, 0.717) is 5.92 Å². The number of hydrogen-bond acceptors (Lipinski definition) is 1. The zero-order valence-electron chi connectivity index (χ0n) is 25.4. The van der Waals surface area contributed by atoms with Gasteiger partial charge in [0.2, 0.25) is 0 Å². The zero-order chi connectivity index (χ0) is 30.3. The minimum Gasteiger partial charge on any atom is -0.309 e. The highest BCUT2D eigenvalue weighted by molar-refractivity contribution is 6.09. The van der Waals surface area contributed by atoms with Crippen molar-refractivity contribution in [2.45, 2.75) is 19.8 Å². The fourth-order valence-corrected chi connectivity index (χ4v) is 6.58. The van der Waals surface area contributed by atoms with Gasteiger partial charge in [-0.05, 0) is 71.1 Å². The van der Waals surface area contributed by atoms with Gasteiger partial charge in [-0.25, -0.2) is 4.98 Å². The molecule has 0 aliphatic heterocycles. The first kappa shape index (κ1) is 26.9. The van der Waals surface area contributed by atoms with Crippen molar-refractivity contribution < 1.29 is 0 Å². The van der Waals surface area contributed by atoms with Crippen molar-refractivity contribution in [2.75, 3.05) is 0 Å². The number of para-hydroxylation sites is 2. The molecule has 8 aromatic rings. The lowest BCUT2D eigenvalue weighted by Crippen LogP contribution is -2.04. The molecule has 8 rings (SSSR count). The van der Waals surface area contributed by atoms with Crippen LogP contribution in [0.1, 0.15) is 25.3 Å². The van der Waals surface area contributed by atoms with E-state index in [9.17, 15) is 0 Å². The first-order chi connectivity index (χ1) is 22.2. The molecule has 0 fully saturated rings. The molecule has 45 heavy (non-hydrogen) atoms. The van der Waals surface area contributed by atoms with Crippen molar-refractivity contribution in [2.24, 2.45) is 0 Å². The van der Waals surface area contributed by atoms with E-state index in [0.717, 1.165) is 22.8 Å². The van der Waals surface area contributed by atoms with Crippen LogP contribution in [0.4, 0.5) is 0 Å². The number of rotatable bonds is 6. The zero-order valence-corrected chi connectivity index (χ0v) is 25.4. The summed E-state index contributed by atoms with van der Waals surface area (Å²) in [7, 11) is 0. The van der Waals surface area contributed by atoms with Gasteiger partial charge >= 0.3 is 0 Å². The fourth-order valence-electron chi connectivity index (χ4n) is 6.58. The van der Waals surface area contributed by atoms with Crippen LogP contribution < -0.4 is 0 Å². The molecule has 216 valence electrons. The van der Waals surface area contributed by atoms with Crippen LogP contribution in [-0.4, -0.2) is 14.1 Å². The molecule has 6 aromatic carbocycles. The molecule has 2 heterocycles. The summed E-state index contributed by atoms with van der Waals surface area (Å²) in [6.45, 7) is 4.53. The Kier molecular flexibility index (Phi) is 6.65. The highest BCUT2D eigenvalue weighted by Gasteiger charge is 2.20. The van der Waals surface area contributed by atoms with Crippen molar-refractivity contribution in [1.29, 1.82) is 0 Å². The molecule has 0 N–H and O–H groups in total. The van der Waals surface area contributed by atoms with Crippen LogP contribution in [0.5, 0.6) is 0 Å². The standard InChI is InChI=1S/C42H33N3/c1-29(2)33-27-37(30-13-5-3-6-14-30)41(38(28-33)31-15-7-4-8-16-31)44-26-25-43-42(44)32-21-23-34(24-22-32)45-39-19-11-9-17-35(39)36-18-10-12-20-40(36)45/h3-29H,1-2H3. The summed E-state index contributed by atoms with van der Waals surface area (Å²) < 4.78 is 4.62. The van der Waals surface area contributed by atoms with Gasteiger partial charge in [0.15, 0.2) is 0 Å². The number of hydrogen-bond donors (Lipinski definition) is 0. The fraction of sp³-hybridized carbons (Fsp3) is 0.0714. The number of fused-ring (bicyclic) bond motifs is 3. The summed E-state index contributed by atoms with van der Waals surface area (Å²) in [5.74, 6) is 1.30. The van der Waals surface area contributed by atoms with Gasteiger partial charge in [0, 0.05) is 45.5 Å². The Morgan fingerprint density at radius 3 is 1.58 bits per heavy atom. The Morgan fingerprint density at radius 1 is 0.533 bits per heavy atom. The summed E-state index contributed by atoms with van der Waals surface area (Å²) in [5, 5.41) is 2.53. The number of nitrogens with zero attached hydrogens (tertiary/aromatic N) is 3. The Balaban J connectivity index is 1.31. The average molecular weight is 580 g/mol. The molecule has 0 atom stereocenters. The average Bonchev–Trinajstić information content (AvgIpc) is 3.72. The van der Waals surface area contributed by atoms with Gasteiger partial charge < -0.3 is 4.57 Å². The summed E-state index contributed by atoms with van der Waals surface area (Å²) in [6.07, 6.45) is 4.01. The maximum absolute atomic E-state index is 4.94. The van der Waals surface area contributed by atoms with Gasteiger partial charge in [0.25, 0.3) is 0 Å². The minimum absolute atomic E-state index is 0.389. The Bertz CT molecular complexity index is 2160. The Labute approximate surface area is 263 Å². The molecule has 0 saturated heterocycles. The molecule has 0 aliphatic rings. The third-order valence-corrected chi connectivity index (χ3v) is 8.81. The van der Waals surface area contributed by atoms with Crippen molar-refractivity contribution in [3.05, 3.63) is 164 Å². The monoisotopic (exact) mass is 579 g/mol. The molecule has 0 unspecified atom stereocenters.